The van der Waals surface area contributed by atoms with E-state index < -0.39 is 17.6 Å². The number of nitrogens with zero attached hydrogens (tertiary/aromatic N) is 2. The fourth-order valence-electron chi connectivity index (χ4n) is 0.874. The summed E-state index contributed by atoms with van der Waals surface area (Å²) in [7, 11) is 0. The Hall–Kier alpha value is -1.01. The lowest BCUT2D eigenvalue weighted by Gasteiger charge is -2.06. The molecule has 0 spiro atoms. The van der Waals surface area contributed by atoms with E-state index in [0.717, 1.165) is 0 Å². The van der Waals surface area contributed by atoms with Gasteiger partial charge in [0.25, 0.3) is 0 Å². The number of nitro groups is 1. The van der Waals surface area contributed by atoms with Crippen molar-refractivity contribution in [2.45, 2.75) is 6.10 Å². The first kappa shape index (κ1) is 10.1. The first-order valence-corrected chi connectivity index (χ1v) is 4.30. The summed E-state index contributed by atoms with van der Waals surface area (Å²) in [4.78, 5) is 13.3. The maximum absolute atomic E-state index is 10.1. The van der Waals surface area contributed by atoms with Gasteiger partial charge in [-0.1, -0.05) is 15.9 Å². The zero-order chi connectivity index (χ0) is 9.84. The Morgan fingerprint density at radius 2 is 2.46 bits per heavy atom. The van der Waals surface area contributed by atoms with Crippen molar-refractivity contribution in [3.05, 3.63) is 38.6 Å². The third-order valence-corrected chi connectivity index (χ3v) is 2.20. The molecule has 0 saturated heterocycles. The lowest BCUT2D eigenvalue weighted by atomic mass is 10.2. The molecule has 0 aliphatic carbocycles. The number of halogens is 1. The summed E-state index contributed by atoms with van der Waals surface area (Å²) in [6.45, 7) is -0.510. The molecule has 1 N–H and O–H groups in total. The van der Waals surface area contributed by atoms with Crippen molar-refractivity contribution in [1.82, 2.24) is 4.98 Å². The Bertz CT molecular complexity index is 318. The summed E-state index contributed by atoms with van der Waals surface area (Å²) in [6, 6.07) is 1.62. The Morgan fingerprint density at radius 1 is 1.77 bits per heavy atom. The summed E-state index contributed by atoms with van der Waals surface area (Å²) in [5.74, 6) is 0. The van der Waals surface area contributed by atoms with Gasteiger partial charge in [0.1, 0.15) is 6.10 Å². The van der Waals surface area contributed by atoms with Gasteiger partial charge in [0.2, 0.25) is 6.54 Å². The summed E-state index contributed by atoms with van der Waals surface area (Å²) in [5.41, 5.74) is 0.430. The van der Waals surface area contributed by atoms with E-state index in [1.807, 2.05) is 0 Å². The second kappa shape index (κ2) is 4.29. The molecule has 1 unspecified atom stereocenters. The van der Waals surface area contributed by atoms with Gasteiger partial charge in [-0.05, 0) is 6.07 Å². The number of pyridine rings is 1. The highest BCUT2D eigenvalue weighted by molar-refractivity contribution is 9.10. The Kier molecular flexibility index (Phi) is 3.32. The van der Waals surface area contributed by atoms with Crippen molar-refractivity contribution < 1.29 is 10.0 Å². The fourth-order valence-corrected chi connectivity index (χ4v) is 1.36. The second-order valence-corrected chi connectivity index (χ2v) is 3.28. The number of aromatic nitrogens is 1. The lowest BCUT2D eigenvalue weighted by molar-refractivity contribution is -0.491. The highest BCUT2D eigenvalue weighted by atomic mass is 79.9. The van der Waals surface area contributed by atoms with E-state index in [-0.39, 0.29) is 0 Å². The van der Waals surface area contributed by atoms with Crippen LogP contribution in [0, 0.1) is 10.1 Å². The van der Waals surface area contributed by atoms with Crippen LogP contribution in [0.2, 0.25) is 0 Å². The zero-order valence-corrected chi connectivity index (χ0v) is 8.14. The third kappa shape index (κ3) is 2.74. The van der Waals surface area contributed by atoms with Gasteiger partial charge in [0.15, 0.2) is 0 Å². The van der Waals surface area contributed by atoms with E-state index in [1.165, 1.54) is 12.4 Å². The van der Waals surface area contributed by atoms with Crippen LogP contribution >= 0.6 is 15.9 Å². The van der Waals surface area contributed by atoms with Crippen molar-refractivity contribution >= 4 is 15.9 Å². The van der Waals surface area contributed by atoms with Crippen LogP contribution in [-0.2, 0) is 0 Å². The zero-order valence-electron chi connectivity index (χ0n) is 6.55. The number of hydrogen-bond acceptors (Lipinski definition) is 4. The van der Waals surface area contributed by atoms with Crippen molar-refractivity contribution in [3.8, 4) is 0 Å². The molecule has 0 aromatic carbocycles. The topological polar surface area (TPSA) is 76.3 Å². The van der Waals surface area contributed by atoms with Gasteiger partial charge in [-0.3, -0.25) is 15.1 Å². The van der Waals surface area contributed by atoms with Gasteiger partial charge in [-0.25, -0.2) is 0 Å². The standard InChI is InChI=1S/C7H7BrN2O3/c8-6-1-2-9-3-5(6)7(11)4-10(12)13/h1-3,7,11H,4H2. The molecule has 6 heteroatoms. The average molecular weight is 247 g/mol. The van der Waals surface area contributed by atoms with Crippen LogP contribution in [0.1, 0.15) is 11.7 Å². The molecule has 0 radical (unpaired) electrons. The number of aliphatic hydroxyl groups is 1. The maximum atomic E-state index is 10.1. The predicted octanol–water partition coefficient (Wildman–Crippen LogP) is 1.15. The van der Waals surface area contributed by atoms with Crippen molar-refractivity contribution in [2.75, 3.05) is 6.54 Å². The molecule has 1 aromatic rings. The largest absolute Gasteiger partial charge is 0.381 e. The molecule has 0 fully saturated rings. The highest BCUT2D eigenvalue weighted by Crippen LogP contribution is 2.21. The van der Waals surface area contributed by atoms with E-state index >= 15 is 0 Å². The molecule has 1 atom stereocenters. The molecule has 0 aliphatic heterocycles. The number of hydrogen-bond donors (Lipinski definition) is 1. The molecule has 13 heavy (non-hydrogen) atoms. The van der Waals surface area contributed by atoms with Gasteiger partial charge < -0.3 is 5.11 Å². The minimum absolute atomic E-state index is 0.430. The minimum atomic E-state index is -1.11. The van der Waals surface area contributed by atoms with Gasteiger partial charge in [0, 0.05) is 27.4 Å². The Morgan fingerprint density at radius 3 is 3.00 bits per heavy atom. The summed E-state index contributed by atoms with van der Waals surface area (Å²) < 4.78 is 0.622. The van der Waals surface area contributed by atoms with E-state index in [4.69, 9.17) is 0 Å². The van der Waals surface area contributed by atoms with E-state index in [2.05, 4.69) is 20.9 Å². The molecule has 1 rings (SSSR count). The normalized spacial score (nSPS) is 12.5. The van der Waals surface area contributed by atoms with Crippen LogP contribution in [0.15, 0.2) is 22.9 Å². The minimum Gasteiger partial charge on any atom is -0.381 e. The quantitative estimate of drug-likeness (QED) is 0.642. The first-order chi connectivity index (χ1) is 6.11. The first-order valence-electron chi connectivity index (χ1n) is 3.50. The molecule has 70 valence electrons. The van der Waals surface area contributed by atoms with Gasteiger partial charge in [0.05, 0.1) is 0 Å². The number of aliphatic hydroxyl groups excluding tert-OH is 1. The second-order valence-electron chi connectivity index (χ2n) is 2.43. The fraction of sp³-hybridized carbons (Fsp3) is 0.286. The molecular weight excluding hydrogens is 240 g/mol. The van der Waals surface area contributed by atoms with Crippen LogP contribution in [0.3, 0.4) is 0 Å². The summed E-state index contributed by atoms with van der Waals surface area (Å²) in [6.07, 6.45) is 1.82. The van der Waals surface area contributed by atoms with Gasteiger partial charge in [-0.15, -0.1) is 0 Å². The molecule has 5 nitrogen and oxygen atoms in total. The molecule has 0 amide bonds. The lowest BCUT2D eigenvalue weighted by Crippen LogP contribution is -2.12. The number of rotatable bonds is 3. The molecular formula is C7H7BrN2O3. The van der Waals surface area contributed by atoms with Crippen LogP contribution in [0.5, 0.6) is 0 Å². The van der Waals surface area contributed by atoms with E-state index in [9.17, 15) is 15.2 Å². The van der Waals surface area contributed by atoms with Gasteiger partial charge in [-0.2, -0.15) is 0 Å². The molecule has 1 aromatic heterocycles. The Labute approximate surface area is 82.7 Å². The molecule has 1 heterocycles. The maximum Gasteiger partial charge on any atom is 0.233 e. The molecule has 0 saturated carbocycles. The predicted molar refractivity (Wildman–Crippen MR) is 48.8 cm³/mol. The summed E-state index contributed by atoms with van der Waals surface area (Å²) in [5, 5.41) is 19.5. The van der Waals surface area contributed by atoms with Crippen LogP contribution in [-0.4, -0.2) is 21.6 Å². The van der Waals surface area contributed by atoms with Crippen molar-refractivity contribution in [2.24, 2.45) is 0 Å². The van der Waals surface area contributed by atoms with Crippen LogP contribution in [0.4, 0.5) is 0 Å². The molecule has 0 aliphatic rings. The average Bonchev–Trinajstić information content (AvgIpc) is 2.03. The SMILES string of the molecule is O=[N+]([O-])CC(O)c1cnccc1Br. The van der Waals surface area contributed by atoms with E-state index in [1.54, 1.807) is 6.07 Å². The van der Waals surface area contributed by atoms with Crippen molar-refractivity contribution in [1.29, 1.82) is 0 Å². The monoisotopic (exact) mass is 246 g/mol. The smallest absolute Gasteiger partial charge is 0.233 e. The highest BCUT2D eigenvalue weighted by Gasteiger charge is 2.16. The summed E-state index contributed by atoms with van der Waals surface area (Å²) >= 11 is 3.16. The Balaban J connectivity index is 2.82. The third-order valence-electron chi connectivity index (χ3n) is 1.48. The van der Waals surface area contributed by atoms with Crippen LogP contribution < -0.4 is 0 Å². The molecule has 0 bridgehead atoms. The van der Waals surface area contributed by atoms with Crippen molar-refractivity contribution in [3.63, 3.8) is 0 Å². The van der Waals surface area contributed by atoms with Crippen LogP contribution in [0.25, 0.3) is 0 Å². The van der Waals surface area contributed by atoms with E-state index in [0.29, 0.717) is 10.0 Å². The van der Waals surface area contributed by atoms with Gasteiger partial charge >= 0.3 is 0 Å².